The van der Waals surface area contributed by atoms with Gasteiger partial charge in [-0.2, -0.15) is 11.8 Å². The van der Waals surface area contributed by atoms with Gasteiger partial charge in [-0.3, -0.25) is 9.59 Å². The maximum atomic E-state index is 11.4. The van der Waals surface area contributed by atoms with E-state index in [1.807, 2.05) is 6.26 Å². The number of hydrogen-bond acceptors (Lipinski definition) is 3. The first-order chi connectivity index (χ1) is 7.26. The zero-order valence-corrected chi connectivity index (χ0v) is 9.34. The van der Waals surface area contributed by atoms with Crippen LogP contribution in [0, 0.1) is 0 Å². The number of anilines is 1. The average molecular weight is 223 g/mol. The molecule has 4 heteroatoms. The number of nitrogens with one attached hydrogen (secondary N) is 1. The summed E-state index contributed by atoms with van der Waals surface area (Å²) in [4.78, 5) is 21.9. The van der Waals surface area contributed by atoms with Crippen molar-refractivity contribution in [2.24, 2.45) is 0 Å². The van der Waals surface area contributed by atoms with E-state index in [1.165, 1.54) is 0 Å². The Hall–Kier alpha value is -1.29. The van der Waals surface area contributed by atoms with Gasteiger partial charge in [0, 0.05) is 23.4 Å². The molecule has 1 N–H and O–H groups in total. The molecule has 0 saturated carbocycles. The van der Waals surface area contributed by atoms with E-state index in [9.17, 15) is 9.59 Å². The van der Waals surface area contributed by atoms with E-state index in [-0.39, 0.29) is 5.91 Å². The zero-order chi connectivity index (χ0) is 11.1. The minimum Gasteiger partial charge on any atom is -0.326 e. The highest BCUT2D eigenvalue weighted by atomic mass is 32.2. The maximum absolute atomic E-state index is 11.4. The Morgan fingerprint density at radius 1 is 1.53 bits per heavy atom. The van der Waals surface area contributed by atoms with Crippen LogP contribution in [-0.4, -0.2) is 24.2 Å². The second-order valence-corrected chi connectivity index (χ2v) is 4.02. The third kappa shape index (κ3) is 4.16. The first kappa shape index (κ1) is 11.8. The Labute approximate surface area is 93.3 Å². The SMILES string of the molecule is CSCCC(=O)Nc1cccc(C=O)c1. The van der Waals surface area contributed by atoms with Crippen molar-refractivity contribution in [2.45, 2.75) is 6.42 Å². The second-order valence-electron chi connectivity index (χ2n) is 3.03. The number of benzene rings is 1. The van der Waals surface area contributed by atoms with Gasteiger partial charge in [0.2, 0.25) is 5.91 Å². The lowest BCUT2D eigenvalue weighted by Gasteiger charge is -2.04. The van der Waals surface area contributed by atoms with Crippen LogP contribution in [0.3, 0.4) is 0 Å². The van der Waals surface area contributed by atoms with Crippen LogP contribution in [0.15, 0.2) is 24.3 Å². The summed E-state index contributed by atoms with van der Waals surface area (Å²) >= 11 is 1.63. The van der Waals surface area contributed by atoms with Crippen LogP contribution < -0.4 is 5.32 Å². The van der Waals surface area contributed by atoms with Crippen molar-refractivity contribution in [1.82, 2.24) is 0 Å². The van der Waals surface area contributed by atoms with Gasteiger partial charge in [-0.05, 0) is 18.4 Å². The minimum atomic E-state index is -0.0209. The minimum absolute atomic E-state index is 0.0209. The molecule has 1 rings (SSSR count). The van der Waals surface area contributed by atoms with Gasteiger partial charge < -0.3 is 5.32 Å². The van der Waals surface area contributed by atoms with Crippen LogP contribution in [0.5, 0.6) is 0 Å². The van der Waals surface area contributed by atoms with E-state index < -0.39 is 0 Å². The van der Waals surface area contributed by atoms with Crippen LogP contribution in [0.2, 0.25) is 0 Å². The smallest absolute Gasteiger partial charge is 0.225 e. The van der Waals surface area contributed by atoms with Gasteiger partial charge >= 0.3 is 0 Å². The van der Waals surface area contributed by atoms with Crippen LogP contribution in [0.4, 0.5) is 5.69 Å². The molecule has 15 heavy (non-hydrogen) atoms. The molecule has 0 heterocycles. The Morgan fingerprint density at radius 2 is 2.33 bits per heavy atom. The second kappa shape index (κ2) is 6.24. The maximum Gasteiger partial charge on any atom is 0.225 e. The van der Waals surface area contributed by atoms with Gasteiger partial charge in [0.05, 0.1) is 0 Å². The molecule has 0 aliphatic rings. The largest absolute Gasteiger partial charge is 0.326 e. The lowest BCUT2D eigenvalue weighted by Crippen LogP contribution is -2.12. The number of hydrogen-bond donors (Lipinski definition) is 1. The topological polar surface area (TPSA) is 46.2 Å². The Morgan fingerprint density at radius 3 is 3.00 bits per heavy atom. The highest BCUT2D eigenvalue weighted by Crippen LogP contribution is 2.09. The molecular formula is C11H13NO2S. The van der Waals surface area contributed by atoms with E-state index in [2.05, 4.69) is 5.32 Å². The summed E-state index contributed by atoms with van der Waals surface area (Å²) in [5.74, 6) is 0.784. The highest BCUT2D eigenvalue weighted by molar-refractivity contribution is 7.98. The van der Waals surface area contributed by atoms with Gasteiger partial charge in [-0.1, -0.05) is 12.1 Å². The molecule has 0 saturated heterocycles. The fraction of sp³-hybridized carbons (Fsp3) is 0.273. The molecule has 0 spiro atoms. The predicted molar refractivity (Wildman–Crippen MR) is 63.5 cm³/mol. The third-order valence-corrected chi connectivity index (χ3v) is 2.45. The normalized spacial score (nSPS) is 9.67. The van der Waals surface area contributed by atoms with E-state index in [0.29, 0.717) is 17.7 Å². The molecule has 3 nitrogen and oxygen atoms in total. The molecule has 0 atom stereocenters. The van der Waals surface area contributed by atoms with Crippen molar-refractivity contribution in [3.05, 3.63) is 29.8 Å². The molecule has 0 radical (unpaired) electrons. The summed E-state index contributed by atoms with van der Waals surface area (Å²) in [5.41, 5.74) is 1.24. The zero-order valence-electron chi connectivity index (χ0n) is 8.53. The summed E-state index contributed by atoms with van der Waals surface area (Å²) in [6.07, 6.45) is 3.21. The van der Waals surface area contributed by atoms with E-state index in [1.54, 1.807) is 36.0 Å². The van der Waals surface area contributed by atoms with Gasteiger partial charge in [0.15, 0.2) is 0 Å². The predicted octanol–water partition coefficient (Wildman–Crippen LogP) is 2.19. The Balaban J connectivity index is 2.56. The molecule has 0 fully saturated rings. The molecule has 0 aromatic heterocycles. The van der Waals surface area contributed by atoms with Crippen LogP contribution in [0.25, 0.3) is 0 Å². The number of aldehydes is 1. The van der Waals surface area contributed by atoms with E-state index >= 15 is 0 Å². The van der Waals surface area contributed by atoms with Crippen molar-refractivity contribution in [2.75, 3.05) is 17.3 Å². The fourth-order valence-electron chi connectivity index (χ4n) is 1.11. The molecule has 0 unspecified atom stereocenters. The molecule has 1 amide bonds. The molecule has 1 aromatic carbocycles. The summed E-state index contributed by atoms with van der Waals surface area (Å²) in [6.45, 7) is 0. The number of carbonyl (C=O) groups excluding carboxylic acids is 2. The number of amides is 1. The summed E-state index contributed by atoms with van der Waals surface area (Å²) in [6, 6.07) is 6.87. The third-order valence-electron chi connectivity index (χ3n) is 1.84. The molecule has 0 bridgehead atoms. The molecular weight excluding hydrogens is 210 g/mol. The quantitative estimate of drug-likeness (QED) is 0.778. The van der Waals surface area contributed by atoms with Crippen molar-refractivity contribution >= 4 is 29.6 Å². The fourth-order valence-corrected chi connectivity index (χ4v) is 1.50. The molecule has 0 aliphatic carbocycles. The van der Waals surface area contributed by atoms with Gasteiger partial charge in [-0.15, -0.1) is 0 Å². The highest BCUT2D eigenvalue weighted by Gasteiger charge is 2.01. The van der Waals surface area contributed by atoms with Crippen LogP contribution >= 0.6 is 11.8 Å². The summed E-state index contributed by atoms with van der Waals surface area (Å²) in [7, 11) is 0. The monoisotopic (exact) mass is 223 g/mol. The average Bonchev–Trinajstić information content (AvgIpc) is 2.26. The van der Waals surface area contributed by atoms with E-state index in [0.717, 1.165) is 12.0 Å². The lowest BCUT2D eigenvalue weighted by atomic mass is 10.2. The Bertz CT molecular complexity index is 352. The molecule has 80 valence electrons. The van der Waals surface area contributed by atoms with Gasteiger partial charge in [-0.25, -0.2) is 0 Å². The standard InChI is InChI=1S/C11H13NO2S/c1-15-6-5-11(14)12-10-4-2-3-9(7-10)8-13/h2-4,7-8H,5-6H2,1H3,(H,12,14). The van der Waals surface area contributed by atoms with Crippen molar-refractivity contribution in [3.8, 4) is 0 Å². The van der Waals surface area contributed by atoms with Gasteiger partial charge in [0.1, 0.15) is 6.29 Å². The van der Waals surface area contributed by atoms with Crippen LogP contribution in [0.1, 0.15) is 16.8 Å². The number of thioether (sulfide) groups is 1. The van der Waals surface area contributed by atoms with Crippen molar-refractivity contribution in [3.63, 3.8) is 0 Å². The first-order valence-corrected chi connectivity index (χ1v) is 5.99. The van der Waals surface area contributed by atoms with Crippen LogP contribution in [-0.2, 0) is 4.79 Å². The summed E-state index contributed by atoms with van der Waals surface area (Å²) in [5, 5.41) is 2.74. The van der Waals surface area contributed by atoms with Crippen molar-refractivity contribution in [1.29, 1.82) is 0 Å². The lowest BCUT2D eigenvalue weighted by molar-refractivity contribution is -0.115. The number of rotatable bonds is 5. The molecule has 0 aliphatic heterocycles. The number of carbonyl (C=O) groups is 2. The van der Waals surface area contributed by atoms with Gasteiger partial charge in [0.25, 0.3) is 0 Å². The molecule has 1 aromatic rings. The Kier molecular flexibility index (Phi) is 4.90. The van der Waals surface area contributed by atoms with E-state index in [4.69, 9.17) is 0 Å². The van der Waals surface area contributed by atoms with Crippen molar-refractivity contribution < 1.29 is 9.59 Å². The summed E-state index contributed by atoms with van der Waals surface area (Å²) < 4.78 is 0. The first-order valence-electron chi connectivity index (χ1n) is 4.60.